The number of likely N-dealkylation sites (tertiary alicyclic amines) is 1. The maximum Gasteiger partial charge on any atom is 0.322 e. The molecule has 1 aliphatic heterocycles. The summed E-state index contributed by atoms with van der Waals surface area (Å²) in [6, 6.07) is -2.95. The molecule has 13 heteroatoms. The lowest BCUT2D eigenvalue weighted by Gasteiger charge is -2.37. The maximum atomic E-state index is 13.7. The number of hydrogen-bond acceptors (Lipinski definition) is 7. The van der Waals surface area contributed by atoms with Crippen molar-refractivity contribution in [2.24, 2.45) is 10.4 Å². The Balaban J connectivity index is 0. The molecule has 3 atom stereocenters. The van der Waals surface area contributed by atoms with Crippen LogP contribution < -0.4 is 10.6 Å². The van der Waals surface area contributed by atoms with Crippen LogP contribution in [0.25, 0.3) is 0 Å². The average Bonchev–Trinajstić information content (AvgIpc) is 3.51. The lowest BCUT2D eigenvalue weighted by Crippen LogP contribution is -2.60. The fourth-order valence-corrected chi connectivity index (χ4v) is 4.30. The number of halogens is 1. The minimum atomic E-state index is -1.36. The monoisotopic (exact) mass is 681 g/mol. The number of rotatable bonds is 13. The number of carbonyl (C=O) groups excluding carboxylic acids is 4. The fourth-order valence-electron chi connectivity index (χ4n) is 4.30. The Bertz CT molecular complexity index is 1110. The van der Waals surface area contributed by atoms with Crippen LogP contribution in [0.15, 0.2) is 41.4 Å². The molecule has 0 saturated carbocycles. The number of ketones is 1. The minimum Gasteiger partial charge on any atom is -0.480 e. The number of ether oxygens (including phenoxy) is 1. The third-order valence-corrected chi connectivity index (χ3v) is 6.55. The van der Waals surface area contributed by atoms with Gasteiger partial charge >= 0.3 is 5.97 Å². The van der Waals surface area contributed by atoms with Crippen LogP contribution in [-0.2, 0) is 28.7 Å². The predicted molar refractivity (Wildman–Crippen MR) is 188 cm³/mol. The zero-order chi connectivity index (χ0) is 37.4. The molecule has 0 aliphatic carbocycles. The summed E-state index contributed by atoms with van der Waals surface area (Å²) in [5, 5.41) is 13.7. The van der Waals surface area contributed by atoms with E-state index in [-0.39, 0.29) is 24.6 Å². The number of allylic oxidation sites excluding steroid dienone is 6. The van der Waals surface area contributed by atoms with Crippen LogP contribution in [0.1, 0.15) is 88.5 Å². The Morgan fingerprint density at radius 2 is 1.58 bits per heavy atom. The molecule has 0 aromatic rings. The number of carboxylic acids is 1. The van der Waals surface area contributed by atoms with Gasteiger partial charge < -0.3 is 30.3 Å². The van der Waals surface area contributed by atoms with E-state index in [1.165, 1.54) is 25.3 Å². The number of amides is 3. The summed E-state index contributed by atoms with van der Waals surface area (Å²) < 4.78 is 19.0. The number of amidine groups is 1. The quantitative estimate of drug-likeness (QED) is 0.111. The average molecular weight is 682 g/mol. The van der Waals surface area contributed by atoms with E-state index < -0.39 is 66.9 Å². The van der Waals surface area contributed by atoms with Gasteiger partial charge in [0, 0.05) is 20.1 Å². The molecule has 12 nitrogen and oxygen atoms in total. The van der Waals surface area contributed by atoms with E-state index in [1.54, 1.807) is 0 Å². The van der Waals surface area contributed by atoms with E-state index in [9.17, 15) is 28.4 Å². The van der Waals surface area contributed by atoms with Gasteiger partial charge in [0.15, 0.2) is 0 Å². The van der Waals surface area contributed by atoms with Crippen molar-refractivity contribution in [2.75, 3.05) is 33.4 Å². The molecule has 0 spiro atoms. The van der Waals surface area contributed by atoms with Crippen molar-refractivity contribution in [1.29, 1.82) is 0 Å². The third-order valence-electron chi connectivity index (χ3n) is 6.55. The van der Waals surface area contributed by atoms with Crippen LogP contribution in [-0.4, -0.2) is 108 Å². The summed E-state index contributed by atoms with van der Waals surface area (Å²) in [4.78, 5) is 68.9. The van der Waals surface area contributed by atoms with Crippen molar-refractivity contribution in [3.63, 3.8) is 0 Å². The number of Topliss-reactive ketones (excluding diaryl/α,β-unsaturated/α-hetero) is 1. The number of aliphatic imine (C=N–C) groups is 1. The van der Waals surface area contributed by atoms with Crippen LogP contribution in [0.4, 0.5) is 4.39 Å². The molecule has 3 amide bonds. The number of aliphatic carboxylic acids is 1. The van der Waals surface area contributed by atoms with Gasteiger partial charge in [-0.05, 0) is 52.9 Å². The number of nitrogens with one attached hydrogen (secondary N) is 2. The van der Waals surface area contributed by atoms with Gasteiger partial charge in [-0.25, -0.2) is 9.38 Å². The Morgan fingerprint density at radius 3 is 2.00 bits per heavy atom. The van der Waals surface area contributed by atoms with Crippen molar-refractivity contribution >= 4 is 35.5 Å². The molecule has 48 heavy (non-hydrogen) atoms. The van der Waals surface area contributed by atoms with Crippen LogP contribution in [0, 0.1) is 5.41 Å². The van der Waals surface area contributed by atoms with Crippen molar-refractivity contribution in [3.8, 4) is 0 Å². The number of carboxylic acid groups (broad SMARTS) is 1. The molecule has 0 radical (unpaired) electrons. The molecule has 0 aromatic carbocycles. The third kappa shape index (κ3) is 17.8. The Kier molecular flexibility index (Phi) is 24.1. The van der Waals surface area contributed by atoms with Crippen molar-refractivity contribution in [3.05, 3.63) is 36.5 Å². The first-order valence-electron chi connectivity index (χ1n) is 16.5. The van der Waals surface area contributed by atoms with Crippen LogP contribution in [0.3, 0.4) is 0 Å². The topological polar surface area (TPSA) is 158 Å². The highest BCUT2D eigenvalue weighted by molar-refractivity contribution is 6.38. The molecule has 3 unspecified atom stereocenters. The first kappa shape index (κ1) is 46.1. The molecule has 1 saturated heterocycles. The summed E-state index contributed by atoms with van der Waals surface area (Å²) in [7, 11) is 1.52. The largest absolute Gasteiger partial charge is 0.480 e. The van der Waals surface area contributed by atoms with Crippen LogP contribution in [0.5, 0.6) is 0 Å². The summed E-state index contributed by atoms with van der Waals surface area (Å²) >= 11 is 0. The second kappa shape index (κ2) is 25.0. The molecule has 1 fully saturated rings. The number of carbonyl (C=O) groups is 5. The molecular formula is C35H60FN5O7. The Morgan fingerprint density at radius 1 is 1.04 bits per heavy atom. The lowest BCUT2D eigenvalue weighted by atomic mass is 9.85. The smallest absolute Gasteiger partial charge is 0.322 e. The summed E-state index contributed by atoms with van der Waals surface area (Å²) in [5.41, 5.74) is -0.604. The van der Waals surface area contributed by atoms with E-state index in [1.807, 2.05) is 90.2 Å². The van der Waals surface area contributed by atoms with Gasteiger partial charge in [-0.2, -0.15) is 0 Å². The van der Waals surface area contributed by atoms with E-state index >= 15 is 0 Å². The Hall–Kier alpha value is -4.03. The molecule has 1 aliphatic rings. The molecule has 0 aromatic heterocycles. The van der Waals surface area contributed by atoms with Crippen molar-refractivity contribution < 1.29 is 38.2 Å². The van der Waals surface area contributed by atoms with Crippen LogP contribution >= 0.6 is 0 Å². The van der Waals surface area contributed by atoms with Crippen molar-refractivity contribution in [2.45, 2.75) is 113 Å². The maximum absolute atomic E-state index is 13.7. The molecule has 0 bridgehead atoms. The van der Waals surface area contributed by atoms with Crippen LogP contribution in [0.2, 0.25) is 0 Å². The van der Waals surface area contributed by atoms with Gasteiger partial charge in [0.25, 0.3) is 11.9 Å². The fraction of sp³-hybridized carbons (Fsp3) is 0.657. The SMILES string of the molecule is CCC.CN=C(NC(C(=O)N1CCCC1C(=O)N(CCF)C(C)C(=O)C(=O)NCC(=O)O)C(C)(C)C)OC(C)C.C\C=C/C=C\C=C\C. The van der Waals surface area contributed by atoms with Crippen molar-refractivity contribution in [1.82, 2.24) is 20.4 Å². The van der Waals surface area contributed by atoms with Gasteiger partial charge in [0.1, 0.15) is 25.3 Å². The normalized spacial score (nSPS) is 16.1. The first-order valence-corrected chi connectivity index (χ1v) is 16.5. The van der Waals surface area contributed by atoms with E-state index in [2.05, 4.69) is 24.2 Å². The second-order valence-electron chi connectivity index (χ2n) is 12.3. The second-order valence-corrected chi connectivity index (χ2v) is 12.3. The highest BCUT2D eigenvalue weighted by atomic mass is 19.1. The van der Waals surface area contributed by atoms with E-state index in [0.717, 1.165) is 4.90 Å². The van der Waals surface area contributed by atoms with Gasteiger partial charge in [0.05, 0.1) is 12.1 Å². The van der Waals surface area contributed by atoms with E-state index in [0.29, 0.717) is 12.8 Å². The molecule has 1 heterocycles. The summed E-state index contributed by atoms with van der Waals surface area (Å²) in [5.74, 6) is -4.66. The predicted octanol–water partition coefficient (Wildman–Crippen LogP) is 4.46. The number of hydrogen-bond donors (Lipinski definition) is 3. The summed E-state index contributed by atoms with van der Waals surface area (Å²) in [6.07, 6.45) is 13.9. The molecule has 274 valence electrons. The number of nitrogens with zero attached hydrogens (tertiary/aromatic N) is 3. The standard InChI is InChI=1S/C24H40FN5O7.C8H12.C3H8/c1-14(2)37-23(26-7)28-19(24(4,5)6)22(36)30-11-8-9-16(30)21(35)29(12-10-25)15(3)18(33)20(34)27-13-17(31)32;1-3-5-7-8-6-4-2;1-3-2/h14-16,19H,8-13H2,1-7H3,(H,26,28)(H,27,34)(H,31,32);3-8H,1-2H3;3H2,1-2H3/b;5-3-,6-4+,8-7-;. The Labute approximate surface area is 286 Å². The summed E-state index contributed by atoms with van der Waals surface area (Å²) in [6.45, 7) is 16.8. The highest BCUT2D eigenvalue weighted by Gasteiger charge is 2.44. The first-order chi connectivity index (χ1) is 22.5. The van der Waals surface area contributed by atoms with Gasteiger partial charge in [-0.1, -0.05) is 77.5 Å². The zero-order valence-corrected chi connectivity index (χ0v) is 30.8. The zero-order valence-electron chi connectivity index (χ0n) is 30.8. The molecule has 3 N–H and O–H groups in total. The number of alkyl halides is 1. The van der Waals surface area contributed by atoms with Gasteiger partial charge in [-0.15, -0.1) is 0 Å². The highest BCUT2D eigenvalue weighted by Crippen LogP contribution is 2.27. The molecular weight excluding hydrogens is 621 g/mol. The van der Waals surface area contributed by atoms with E-state index in [4.69, 9.17) is 9.84 Å². The lowest BCUT2D eigenvalue weighted by molar-refractivity contribution is -0.151. The molecule has 1 rings (SSSR count). The van der Waals surface area contributed by atoms with Gasteiger partial charge in [-0.3, -0.25) is 24.0 Å². The minimum absolute atomic E-state index is 0.177. The van der Waals surface area contributed by atoms with Gasteiger partial charge in [0.2, 0.25) is 17.6 Å².